The van der Waals surface area contributed by atoms with Crippen molar-refractivity contribution in [2.45, 2.75) is 26.2 Å². The number of aryl methyl sites for hydroxylation is 1. The molecule has 1 aliphatic carbocycles. The molecule has 0 saturated carbocycles. The van der Waals surface area contributed by atoms with Crippen LogP contribution in [0.1, 0.15) is 50.6 Å². The van der Waals surface area contributed by atoms with E-state index in [-0.39, 0.29) is 17.4 Å². The highest BCUT2D eigenvalue weighted by atomic mass is 79.9. The molecule has 3 amide bonds. The number of carbonyl (C=O) groups is 3. The lowest BCUT2D eigenvalue weighted by Crippen LogP contribution is -2.41. The molecular weight excluding hydrogens is 587 g/mol. The number of carbonyl (C=O) groups excluding carboxylic acids is 3. The quantitative estimate of drug-likeness (QED) is 0.342. The molecule has 2 aromatic carbocycles. The van der Waals surface area contributed by atoms with Crippen LogP contribution in [0.3, 0.4) is 0 Å². The second-order valence-electron chi connectivity index (χ2n) is 8.08. The standard InChI is InChI=1S/C25H21BrCl2N4O5/c1-13-22-18(29-30-21(33)12-36-19-10-9-16(27)11-17(19)28)3-2-4-20(22)37-23(13)25(35)32-31-24(34)14-5-7-15(26)8-6-14/h5-11H,2-4,12H2,1H3,(H,30,33)(H,31,34)(H,32,35)/b29-18+. The van der Waals surface area contributed by atoms with Crippen molar-refractivity contribution in [2.75, 3.05) is 6.61 Å². The molecule has 12 heteroatoms. The summed E-state index contributed by atoms with van der Waals surface area (Å²) in [6.45, 7) is 1.42. The Morgan fingerprint density at radius 1 is 1.05 bits per heavy atom. The van der Waals surface area contributed by atoms with Crippen molar-refractivity contribution in [2.24, 2.45) is 5.10 Å². The number of furan rings is 1. The minimum Gasteiger partial charge on any atom is -0.482 e. The monoisotopic (exact) mass is 606 g/mol. The maximum atomic E-state index is 12.7. The minimum atomic E-state index is -0.603. The number of hydrazine groups is 1. The summed E-state index contributed by atoms with van der Waals surface area (Å²) in [6, 6.07) is 11.4. The van der Waals surface area contributed by atoms with Gasteiger partial charge in [-0.2, -0.15) is 5.10 Å². The maximum Gasteiger partial charge on any atom is 0.305 e. The molecule has 0 fully saturated rings. The van der Waals surface area contributed by atoms with Crippen LogP contribution in [0.4, 0.5) is 0 Å². The second-order valence-corrected chi connectivity index (χ2v) is 9.84. The minimum absolute atomic E-state index is 0.0581. The Morgan fingerprint density at radius 3 is 2.51 bits per heavy atom. The van der Waals surface area contributed by atoms with E-state index < -0.39 is 17.7 Å². The van der Waals surface area contributed by atoms with E-state index in [9.17, 15) is 14.4 Å². The van der Waals surface area contributed by atoms with Crippen LogP contribution in [0.15, 0.2) is 56.5 Å². The number of hydrogen-bond acceptors (Lipinski definition) is 6. The van der Waals surface area contributed by atoms with Crippen molar-refractivity contribution in [3.63, 3.8) is 0 Å². The number of benzene rings is 2. The number of nitrogens with zero attached hydrogens (tertiary/aromatic N) is 1. The van der Waals surface area contributed by atoms with E-state index >= 15 is 0 Å². The zero-order chi connectivity index (χ0) is 26.5. The van der Waals surface area contributed by atoms with Crippen molar-refractivity contribution in [3.05, 3.63) is 85.2 Å². The van der Waals surface area contributed by atoms with E-state index in [0.717, 1.165) is 10.9 Å². The lowest BCUT2D eigenvalue weighted by molar-refractivity contribution is -0.123. The second kappa shape index (κ2) is 11.8. The molecule has 192 valence electrons. The first-order valence-electron chi connectivity index (χ1n) is 11.1. The van der Waals surface area contributed by atoms with Crippen LogP contribution in [-0.2, 0) is 11.2 Å². The summed E-state index contributed by atoms with van der Waals surface area (Å²) in [7, 11) is 0. The molecule has 4 rings (SSSR count). The van der Waals surface area contributed by atoms with E-state index in [2.05, 4.69) is 37.3 Å². The number of rotatable bonds is 6. The zero-order valence-corrected chi connectivity index (χ0v) is 22.6. The molecule has 9 nitrogen and oxygen atoms in total. The molecule has 0 bridgehead atoms. The molecule has 0 aliphatic heterocycles. The summed E-state index contributed by atoms with van der Waals surface area (Å²) in [6.07, 6.45) is 1.92. The number of hydrazone groups is 1. The van der Waals surface area contributed by atoms with Crippen molar-refractivity contribution < 1.29 is 23.5 Å². The SMILES string of the molecule is Cc1c(C(=O)NNC(=O)c2ccc(Br)cc2)oc2c1/C(=N/NC(=O)COc1ccc(Cl)cc1Cl)CCC2. The Morgan fingerprint density at radius 2 is 1.78 bits per heavy atom. The van der Waals surface area contributed by atoms with E-state index in [4.69, 9.17) is 32.4 Å². The Kier molecular flexibility index (Phi) is 8.52. The fourth-order valence-electron chi connectivity index (χ4n) is 3.74. The smallest absolute Gasteiger partial charge is 0.305 e. The van der Waals surface area contributed by atoms with Gasteiger partial charge in [0, 0.05) is 32.6 Å². The maximum absolute atomic E-state index is 12.7. The predicted molar refractivity (Wildman–Crippen MR) is 142 cm³/mol. The van der Waals surface area contributed by atoms with Gasteiger partial charge in [0.15, 0.2) is 12.4 Å². The third-order valence-electron chi connectivity index (χ3n) is 5.50. The van der Waals surface area contributed by atoms with Crippen molar-refractivity contribution >= 4 is 62.6 Å². The van der Waals surface area contributed by atoms with Gasteiger partial charge in [-0.1, -0.05) is 39.1 Å². The number of nitrogens with one attached hydrogen (secondary N) is 3. The molecule has 1 heterocycles. The average molecular weight is 608 g/mol. The van der Waals surface area contributed by atoms with Gasteiger partial charge in [0.1, 0.15) is 11.5 Å². The summed E-state index contributed by atoms with van der Waals surface area (Å²) >= 11 is 15.2. The molecule has 0 radical (unpaired) electrons. The van der Waals surface area contributed by atoms with Crippen LogP contribution in [0.5, 0.6) is 5.75 Å². The van der Waals surface area contributed by atoms with Gasteiger partial charge in [-0.05, 0) is 62.2 Å². The van der Waals surface area contributed by atoms with Gasteiger partial charge in [0.05, 0.1) is 10.7 Å². The number of fused-ring (bicyclic) bond motifs is 1. The molecular formula is C25H21BrCl2N4O5. The number of ether oxygens (including phenoxy) is 1. The topological polar surface area (TPSA) is 122 Å². The van der Waals surface area contributed by atoms with Crippen LogP contribution in [-0.4, -0.2) is 30.0 Å². The Labute approximate surface area is 230 Å². The summed E-state index contributed by atoms with van der Waals surface area (Å²) in [4.78, 5) is 37.3. The van der Waals surface area contributed by atoms with Gasteiger partial charge in [-0.25, -0.2) is 5.43 Å². The molecule has 0 atom stereocenters. The highest BCUT2D eigenvalue weighted by Gasteiger charge is 2.28. The molecule has 37 heavy (non-hydrogen) atoms. The third kappa shape index (κ3) is 6.51. The first-order chi connectivity index (χ1) is 17.7. The highest BCUT2D eigenvalue weighted by Crippen LogP contribution is 2.30. The summed E-state index contributed by atoms with van der Waals surface area (Å²) in [5.74, 6) is -0.591. The predicted octanol–water partition coefficient (Wildman–Crippen LogP) is 4.97. The number of halogens is 3. The van der Waals surface area contributed by atoms with Crippen molar-refractivity contribution in [1.29, 1.82) is 0 Å². The molecule has 1 aromatic heterocycles. The van der Waals surface area contributed by atoms with Gasteiger partial charge >= 0.3 is 5.91 Å². The average Bonchev–Trinajstić information content (AvgIpc) is 3.22. The highest BCUT2D eigenvalue weighted by molar-refractivity contribution is 9.10. The van der Waals surface area contributed by atoms with E-state index in [1.807, 2.05) is 0 Å². The van der Waals surface area contributed by atoms with Gasteiger partial charge in [0.2, 0.25) is 0 Å². The molecule has 3 N–H and O–H groups in total. The first kappa shape index (κ1) is 26.7. The summed E-state index contributed by atoms with van der Waals surface area (Å²) in [5, 5.41) is 4.99. The van der Waals surface area contributed by atoms with Gasteiger partial charge in [0.25, 0.3) is 11.8 Å². The zero-order valence-electron chi connectivity index (χ0n) is 19.5. The largest absolute Gasteiger partial charge is 0.482 e. The normalized spacial score (nSPS) is 13.6. The van der Waals surface area contributed by atoms with E-state index in [1.54, 1.807) is 43.3 Å². The Balaban J connectivity index is 1.39. The lowest BCUT2D eigenvalue weighted by Gasteiger charge is -2.13. The van der Waals surface area contributed by atoms with Crippen LogP contribution in [0.2, 0.25) is 10.0 Å². The van der Waals surface area contributed by atoms with E-state index in [1.165, 1.54) is 6.07 Å². The van der Waals surface area contributed by atoms with Crippen LogP contribution < -0.4 is 21.0 Å². The first-order valence-corrected chi connectivity index (χ1v) is 12.7. The number of hydrogen-bond donors (Lipinski definition) is 3. The third-order valence-corrected chi connectivity index (χ3v) is 6.56. The van der Waals surface area contributed by atoms with Crippen LogP contribution >= 0.6 is 39.1 Å². The van der Waals surface area contributed by atoms with Gasteiger partial charge in [-0.15, -0.1) is 0 Å². The van der Waals surface area contributed by atoms with Gasteiger partial charge in [-0.3, -0.25) is 25.2 Å². The number of amides is 3. The summed E-state index contributed by atoms with van der Waals surface area (Å²) in [5.41, 5.74) is 9.42. The van der Waals surface area contributed by atoms with Crippen LogP contribution in [0.25, 0.3) is 0 Å². The van der Waals surface area contributed by atoms with Crippen molar-refractivity contribution in [3.8, 4) is 5.75 Å². The van der Waals surface area contributed by atoms with Crippen molar-refractivity contribution in [1.82, 2.24) is 16.3 Å². The Hall–Kier alpha value is -3.34. The van der Waals surface area contributed by atoms with Crippen LogP contribution in [0, 0.1) is 6.92 Å². The fourth-order valence-corrected chi connectivity index (χ4v) is 4.47. The molecule has 0 saturated heterocycles. The molecule has 1 aliphatic rings. The Bertz CT molecular complexity index is 1390. The molecule has 3 aromatic rings. The molecule has 0 unspecified atom stereocenters. The summed E-state index contributed by atoms with van der Waals surface area (Å²) < 4.78 is 12.1. The molecule has 0 spiro atoms. The lowest BCUT2D eigenvalue weighted by atomic mass is 9.93. The fraction of sp³-hybridized carbons (Fsp3) is 0.200. The van der Waals surface area contributed by atoms with E-state index in [0.29, 0.717) is 51.8 Å². The van der Waals surface area contributed by atoms with Gasteiger partial charge < -0.3 is 9.15 Å².